The molecule has 4 aliphatic carbocycles. The van der Waals surface area contributed by atoms with Gasteiger partial charge in [0.05, 0.1) is 0 Å². The molecule has 2 heteroatoms. The summed E-state index contributed by atoms with van der Waals surface area (Å²) in [5.74, 6) is 0. The SMILES string of the molecule is C[C@]12CC3(N)CC(Br)(C1)C[C@@](C)(C3)C2. The van der Waals surface area contributed by atoms with Gasteiger partial charge in [-0.1, -0.05) is 29.8 Å². The fourth-order valence-electron chi connectivity index (χ4n) is 5.64. The van der Waals surface area contributed by atoms with Crippen LogP contribution in [0, 0.1) is 10.8 Å². The maximum Gasteiger partial charge on any atom is 0.0285 e. The second kappa shape index (κ2) is 2.24. The van der Waals surface area contributed by atoms with Gasteiger partial charge in [0.1, 0.15) is 0 Å². The third kappa shape index (κ3) is 1.23. The van der Waals surface area contributed by atoms with Gasteiger partial charge in [-0.3, -0.25) is 0 Å². The van der Waals surface area contributed by atoms with E-state index in [0.717, 1.165) is 0 Å². The molecule has 1 nitrogen and oxygen atoms in total. The molecular weight excluding hydrogens is 238 g/mol. The van der Waals surface area contributed by atoms with Crippen molar-refractivity contribution in [1.82, 2.24) is 0 Å². The van der Waals surface area contributed by atoms with E-state index in [1.54, 1.807) is 0 Å². The van der Waals surface area contributed by atoms with E-state index in [9.17, 15) is 0 Å². The predicted molar refractivity (Wildman–Crippen MR) is 62.5 cm³/mol. The van der Waals surface area contributed by atoms with Gasteiger partial charge in [0, 0.05) is 9.86 Å². The molecule has 2 N–H and O–H groups in total. The van der Waals surface area contributed by atoms with Crippen LogP contribution in [0.3, 0.4) is 0 Å². The molecule has 0 amide bonds. The van der Waals surface area contributed by atoms with Gasteiger partial charge in [0.15, 0.2) is 0 Å². The Morgan fingerprint density at radius 1 is 0.857 bits per heavy atom. The van der Waals surface area contributed by atoms with Crippen molar-refractivity contribution in [3.8, 4) is 0 Å². The van der Waals surface area contributed by atoms with Crippen molar-refractivity contribution >= 4 is 15.9 Å². The molecule has 0 saturated heterocycles. The van der Waals surface area contributed by atoms with E-state index < -0.39 is 0 Å². The smallest absolute Gasteiger partial charge is 0.0285 e. The highest BCUT2D eigenvalue weighted by Crippen LogP contribution is 2.69. The van der Waals surface area contributed by atoms with Crippen molar-refractivity contribution in [2.24, 2.45) is 16.6 Å². The standard InChI is InChI=1S/C12H20BrN/c1-9-3-10(2)5-11(13,4-9)8-12(14,6-9)7-10/h3-8,14H2,1-2H3/t9-,10+,11?,12?. The van der Waals surface area contributed by atoms with Crippen LogP contribution in [0.2, 0.25) is 0 Å². The van der Waals surface area contributed by atoms with Crippen LogP contribution in [-0.4, -0.2) is 9.86 Å². The summed E-state index contributed by atoms with van der Waals surface area (Å²) in [7, 11) is 0. The van der Waals surface area contributed by atoms with E-state index in [4.69, 9.17) is 5.73 Å². The zero-order chi connectivity index (χ0) is 10.2. The minimum Gasteiger partial charge on any atom is -0.325 e. The normalized spacial score (nSPS) is 66.0. The lowest BCUT2D eigenvalue weighted by atomic mass is 9.43. The number of halogens is 1. The molecule has 0 aromatic heterocycles. The molecule has 4 saturated carbocycles. The number of hydrogen-bond donors (Lipinski definition) is 1. The third-order valence-electron chi connectivity index (χ3n) is 4.57. The molecule has 14 heavy (non-hydrogen) atoms. The molecule has 0 heterocycles. The van der Waals surface area contributed by atoms with Crippen LogP contribution < -0.4 is 5.73 Å². The van der Waals surface area contributed by atoms with E-state index >= 15 is 0 Å². The van der Waals surface area contributed by atoms with Gasteiger partial charge < -0.3 is 5.73 Å². The molecule has 80 valence electrons. The Kier molecular flexibility index (Phi) is 1.55. The van der Waals surface area contributed by atoms with Gasteiger partial charge in [-0.15, -0.1) is 0 Å². The van der Waals surface area contributed by atoms with Crippen LogP contribution in [0.5, 0.6) is 0 Å². The lowest BCUT2D eigenvalue weighted by Gasteiger charge is -2.67. The molecular formula is C12H20BrN. The molecule has 0 radical (unpaired) electrons. The van der Waals surface area contributed by atoms with E-state index in [0.29, 0.717) is 15.2 Å². The first-order valence-electron chi connectivity index (χ1n) is 5.72. The molecule has 4 bridgehead atoms. The summed E-state index contributed by atoms with van der Waals surface area (Å²) in [4.78, 5) is 0. The second-order valence-corrected chi connectivity index (χ2v) is 8.88. The zero-order valence-corrected chi connectivity index (χ0v) is 10.8. The zero-order valence-electron chi connectivity index (χ0n) is 9.20. The van der Waals surface area contributed by atoms with E-state index in [1.165, 1.54) is 38.5 Å². The molecule has 0 aromatic carbocycles. The first-order valence-corrected chi connectivity index (χ1v) is 6.51. The Hall–Kier alpha value is 0.440. The summed E-state index contributed by atoms with van der Waals surface area (Å²) in [6.45, 7) is 4.89. The molecule has 0 spiro atoms. The van der Waals surface area contributed by atoms with Crippen molar-refractivity contribution in [3.63, 3.8) is 0 Å². The van der Waals surface area contributed by atoms with E-state index in [1.807, 2.05) is 0 Å². The maximum absolute atomic E-state index is 6.55. The highest BCUT2D eigenvalue weighted by molar-refractivity contribution is 9.10. The van der Waals surface area contributed by atoms with Crippen molar-refractivity contribution < 1.29 is 0 Å². The Morgan fingerprint density at radius 3 is 1.71 bits per heavy atom. The Morgan fingerprint density at radius 2 is 1.36 bits per heavy atom. The van der Waals surface area contributed by atoms with Crippen LogP contribution in [-0.2, 0) is 0 Å². The van der Waals surface area contributed by atoms with Gasteiger partial charge in [-0.25, -0.2) is 0 Å². The number of hydrogen-bond acceptors (Lipinski definition) is 1. The van der Waals surface area contributed by atoms with Crippen molar-refractivity contribution in [2.45, 2.75) is 62.2 Å². The molecule has 2 unspecified atom stereocenters. The van der Waals surface area contributed by atoms with Gasteiger partial charge in [0.2, 0.25) is 0 Å². The molecule has 0 aliphatic heterocycles. The molecule has 4 rings (SSSR count). The molecule has 4 fully saturated rings. The molecule has 0 aromatic rings. The van der Waals surface area contributed by atoms with Crippen LogP contribution in [0.1, 0.15) is 52.4 Å². The first-order chi connectivity index (χ1) is 6.24. The summed E-state index contributed by atoms with van der Waals surface area (Å²) in [5, 5.41) is 0. The van der Waals surface area contributed by atoms with Gasteiger partial charge in [0.25, 0.3) is 0 Å². The fraction of sp³-hybridized carbons (Fsp3) is 1.00. The summed E-state index contributed by atoms with van der Waals surface area (Å²) < 4.78 is 0.375. The highest BCUT2D eigenvalue weighted by atomic mass is 79.9. The third-order valence-corrected chi connectivity index (χ3v) is 5.41. The fourth-order valence-corrected chi connectivity index (χ4v) is 7.55. The summed E-state index contributed by atoms with van der Waals surface area (Å²) >= 11 is 3.98. The predicted octanol–water partition coefficient (Wildman–Crippen LogP) is 3.21. The largest absolute Gasteiger partial charge is 0.325 e. The minimum absolute atomic E-state index is 0.141. The number of nitrogens with two attached hydrogens (primary N) is 1. The van der Waals surface area contributed by atoms with Gasteiger partial charge in [-0.2, -0.15) is 0 Å². The maximum atomic E-state index is 6.55. The number of rotatable bonds is 0. The van der Waals surface area contributed by atoms with Crippen molar-refractivity contribution in [1.29, 1.82) is 0 Å². The topological polar surface area (TPSA) is 26.0 Å². The first kappa shape index (κ1) is 9.65. The minimum atomic E-state index is 0.141. The molecule has 4 aliphatic rings. The summed E-state index contributed by atoms with van der Waals surface area (Å²) in [6, 6.07) is 0. The van der Waals surface area contributed by atoms with Crippen LogP contribution >= 0.6 is 15.9 Å². The lowest BCUT2D eigenvalue weighted by Crippen LogP contribution is -2.66. The number of alkyl halides is 1. The van der Waals surface area contributed by atoms with Crippen molar-refractivity contribution in [3.05, 3.63) is 0 Å². The van der Waals surface area contributed by atoms with E-state index in [2.05, 4.69) is 29.8 Å². The Balaban J connectivity index is 2.08. The average molecular weight is 258 g/mol. The van der Waals surface area contributed by atoms with Crippen LogP contribution in [0.4, 0.5) is 0 Å². The second-order valence-electron chi connectivity index (χ2n) is 7.20. The quantitative estimate of drug-likeness (QED) is 0.663. The monoisotopic (exact) mass is 257 g/mol. The molecule has 4 atom stereocenters. The Bertz CT molecular complexity index is 203. The lowest BCUT2D eigenvalue weighted by molar-refractivity contribution is -0.0886. The van der Waals surface area contributed by atoms with Gasteiger partial charge >= 0.3 is 0 Å². The van der Waals surface area contributed by atoms with Crippen LogP contribution in [0.25, 0.3) is 0 Å². The van der Waals surface area contributed by atoms with Crippen LogP contribution in [0.15, 0.2) is 0 Å². The van der Waals surface area contributed by atoms with E-state index in [-0.39, 0.29) is 5.54 Å². The average Bonchev–Trinajstić information content (AvgIpc) is 1.67. The van der Waals surface area contributed by atoms with Gasteiger partial charge in [-0.05, 0) is 49.4 Å². The highest BCUT2D eigenvalue weighted by Gasteiger charge is 2.63. The Labute approximate surface area is 94.9 Å². The summed E-state index contributed by atoms with van der Waals surface area (Å²) in [5.41, 5.74) is 7.72. The summed E-state index contributed by atoms with van der Waals surface area (Å²) in [6.07, 6.45) is 7.78. The van der Waals surface area contributed by atoms with Crippen molar-refractivity contribution in [2.75, 3.05) is 0 Å².